The van der Waals surface area contributed by atoms with Gasteiger partial charge in [0.15, 0.2) is 0 Å². The zero-order chi connectivity index (χ0) is 16.0. The number of halogens is 4. The van der Waals surface area contributed by atoms with E-state index in [2.05, 4.69) is 19.1 Å². The predicted octanol–water partition coefficient (Wildman–Crippen LogP) is 6.10. The fourth-order valence-corrected chi connectivity index (χ4v) is 2.39. The van der Waals surface area contributed by atoms with E-state index in [0.717, 1.165) is 12.1 Å². The molecule has 0 heterocycles. The van der Waals surface area contributed by atoms with Gasteiger partial charge in [0.25, 0.3) is 0 Å². The Labute approximate surface area is 144 Å². The minimum absolute atomic E-state index is 0.214. The van der Waals surface area contributed by atoms with Gasteiger partial charge in [-0.15, -0.1) is 0 Å². The van der Waals surface area contributed by atoms with Crippen molar-refractivity contribution in [2.45, 2.75) is 19.8 Å². The molecule has 0 aliphatic heterocycles. The summed E-state index contributed by atoms with van der Waals surface area (Å²) in [5.41, 5.74) is 13.4. The molecule has 4 N–H and O–H groups in total. The van der Waals surface area contributed by atoms with Crippen LogP contribution in [0, 0.1) is 0 Å². The maximum Gasteiger partial charge on any atom is 0.0837 e. The topological polar surface area (TPSA) is 52.0 Å². The van der Waals surface area contributed by atoms with E-state index in [1.54, 1.807) is 0 Å². The smallest absolute Gasteiger partial charge is 0.0837 e. The molecular weight excluding hydrogens is 350 g/mol. The monoisotopic (exact) mass is 364 g/mol. The fourth-order valence-electron chi connectivity index (χ4n) is 1.56. The van der Waals surface area contributed by atoms with Crippen molar-refractivity contribution in [3.8, 4) is 0 Å². The second kappa shape index (κ2) is 8.60. The van der Waals surface area contributed by atoms with E-state index in [1.165, 1.54) is 18.1 Å². The lowest BCUT2D eigenvalue weighted by Gasteiger charge is -2.04. The van der Waals surface area contributed by atoms with Gasteiger partial charge >= 0.3 is 0 Å². The molecule has 0 bridgehead atoms. The predicted molar refractivity (Wildman–Crippen MR) is 95.7 cm³/mol. The first-order valence-corrected chi connectivity index (χ1v) is 7.80. The number of hydrogen-bond acceptors (Lipinski definition) is 2. The van der Waals surface area contributed by atoms with Gasteiger partial charge in [0.1, 0.15) is 0 Å². The number of hydrogen-bond donors (Lipinski definition) is 2. The Morgan fingerprint density at radius 2 is 1.33 bits per heavy atom. The molecule has 21 heavy (non-hydrogen) atoms. The number of nitrogen functional groups attached to an aromatic ring is 2. The molecule has 0 aromatic heterocycles. The lowest BCUT2D eigenvalue weighted by molar-refractivity contribution is 0.922. The Hall–Kier alpha value is -0.800. The van der Waals surface area contributed by atoms with E-state index < -0.39 is 0 Å². The van der Waals surface area contributed by atoms with Gasteiger partial charge in [-0.05, 0) is 30.2 Å². The van der Waals surface area contributed by atoms with Crippen LogP contribution in [0.3, 0.4) is 0 Å². The molecule has 0 fully saturated rings. The maximum atomic E-state index is 5.65. The van der Waals surface area contributed by atoms with Crippen LogP contribution in [0.1, 0.15) is 18.9 Å². The minimum Gasteiger partial charge on any atom is -0.399 e. The number of nitrogens with two attached hydrogens (primary N) is 2. The minimum atomic E-state index is 0.214. The molecule has 0 amide bonds. The van der Waals surface area contributed by atoms with Gasteiger partial charge in [-0.2, -0.15) is 0 Å². The third kappa shape index (κ3) is 5.48. The maximum absolute atomic E-state index is 5.65. The highest BCUT2D eigenvalue weighted by atomic mass is 35.5. The quantitative estimate of drug-likeness (QED) is 0.498. The SMILES string of the molecule is CCCc1ccc(N)cc1.Nc1c(Cl)c(Cl)cc(Cl)c1Cl. The Kier molecular flexibility index (Phi) is 7.47. The molecule has 2 aromatic carbocycles. The van der Waals surface area contributed by atoms with E-state index in [-0.39, 0.29) is 15.7 Å². The van der Waals surface area contributed by atoms with Gasteiger partial charge in [-0.3, -0.25) is 0 Å². The fraction of sp³-hybridized carbons (Fsp3) is 0.200. The first-order chi connectivity index (χ1) is 9.86. The summed E-state index contributed by atoms with van der Waals surface area (Å²) in [5, 5.41) is 1.08. The molecule has 0 radical (unpaired) electrons. The number of anilines is 2. The van der Waals surface area contributed by atoms with Gasteiger partial charge in [0.05, 0.1) is 25.8 Å². The van der Waals surface area contributed by atoms with E-state index in [0.29, 0.717) is 10.0 Å². The third-order valence-electron chi connectivity index (χ3n) is 2.66. The van der Waals surface area contributed by atoms with Crippen LogP contribution >= 0.6 is 46.4 Å². The second-order valence-electron chi connectivity index (χ2n) is 4.37. The Morgan fingerprint density at radius 3 is 1.76 bits per heavy atom. The lowest BCUT2D eigenvalue weighted by atomic mass is 10.1. The standard InChI is InChI=1S/C9H13N.C6H3Cl4N/c1-2-3-8-4-6-9(10)7-5-8;7-2-1-3(8)5(10)6(11)4(2)9/h4-7H,2-3,10H2,1H3;1H,11H2. The van der Waals surface area contributed by atoms with Gasteiger partial charge in [0, 0.05) is 5.69 Å². The molecule has 2 rings (SSSR count). The van der Waals surface area contributed by atoms with Crippen molar-refractivity contribution in [3.05, 3.63) is 56.0 Å². The van der Waals surface area contributed by atoms with Crippen molar-refractivity contribution in [2.24, 2.45) is 0 Å². The summed E-state index contributed by atoms with van der Waals surface area (Å²) in [6.45, 7) is 2.18. The highest BCUT2D eigenvalue weighted by Gasteiger charge is 2.09. The first-order valence-electron chi connectivity index (χ1n) is 6.29. The molecule has 2 nitrogen and oxygen atoms in total. The number of benzene rings is 2. The van der Waals surface area contributed by atoms with Crippen molar-refractivity contribution in [1.82, 2.24) is 0 Å². The summed E-state index contributed by atoms with van der Waals surface area (Å²) in [6, 6.07) is 9.51. The molecule has 0 unspecified atom stereocenters. The summed E-state index contributed by atoms with van der Waals surface area (Å²) >= 11 is 22.6. The van der Waals surface area contributed by atoms with Crippen LogP contribution in [0.5, 0.6) is 0 Å². The molecular formula is C15H16Cl4N2. The summed E-state index contributed by atoms with van der Waals surface area (Å²) < 4.78 is 0. The van der Waals surface area contributed by atoms with Crippen molar-refractivity contribution in [2.75, 3.05) is 11.5 Å². The third-order valence-corrected chi connectivity index (χ3v) is 4.27. The summed E-state index contributed by atoms with van der Waals surface area (Å²) in [4.78, 5) is 0. The van der Waals surface area contributed by atoms with Crippen LogP contribution in [-0.2, 0) is 6.42 Å². The van der Waals surface area contributed by atoms with Crippen molar-refractivity contribution < 1.29 is 0 Å². The molecule has 0 aliphatic rings. The molecule has 114 valence electrons. The highest BCUT2D eigenvalue weighted by molar-refractivity contribution is 6.49. The number of aryl methyl sites for hydroxylation is 1. The molecule has 0 saturated heterocycles. The zero-order valence-electron chi connectivity index (χ0n) is 11.5. The van der Waals surface area contributed by atoms with Gasteiger partial charge in [-0.25, -0.2) is 0 Å². The van der Waals surface area contributed by atoms with Crippen molar-refractivity contribution in [1.29, 1.82) is 0 Å². The molecule has 2 aromatic rings. The highest BCUT2D eigenvalue weighted by Crippen LogP contribution is 2.38. The summed E-state index contributed by atoms with van der Waals surface area (Å²) in [7, 11) is 0. The average Bonchev–Trinajstić information content (AvgIpc) is 2.46. The summed E-state index contributed by atoms with van der Waals surface area (Å²) in [5.74, 6) is 0. The molecule has 0 aliphatic carbocycles. The Balaban J connectivity index is 0.000000211. The van der Waals surface area contributed by atoms with Gasteiger partial charge in [-0.1, -0.05) is 71.9 Å². The van der Waals surface area contributed by atoms with E-state index >= 15 is 0 Å². The van der Waals surface area contributed by atoms with Crippen LogP contribution in [0.4, 0.5) is 11.4 Å². The van der Waals surface area contributed by atoms with E-state index in [9.17, 15) is 0 Å². The van der Waals surface area contributed by atoms with Gasteiger partial charge in [0.2, 0.25) is 0 Å². The molecule has 6 heteroatoms. The number of rotatable bonds is 2. The molecule has 0 saturated carbocycles. The van der Waals surface area contributed by atoms with Crippen molar-refractivity contribution >= 4 is 57.8 Å². The molecule has 0 atom stereocenters. The summed E-state index contributed by atoms with van der Waals surface area (Å²) in [6.07, 6.45) is 2.35. The van der Waals surface area contributed by atoms with Crippen LogP contribution in [0.25, 0.3) is 0 Å². The van der Waals surface area contributed by atoms with Crippen LogP contribution < -0.4 is 11.5 Å². The van der Waals surface area contributed by atoms with Crippen LogP contribution in [-0.4, -0.2) is 0 Å². The first kappa shape index (κ1) is 18.2. The van der Waals surface area contributed by atoms with Crippen LogP contribution in [0.15, 0.2) is 30.3 Å². The average molecular weight is 366 g/mol. The zero-order valence-corrected chi connectivity index (χ0v) is 14.5. The lowest BCUT2D eigenvalue weighted by Crippen LogP contribution is -1.88. The second-order valence-corrected chi connectivity index (χ2v) is 5.94. The van der Waals surface area contributed by atoms with E-state index in [1.807, 2.05) is 12.1 Å². The van der Waals surface area contributed by atoms with Crippen LogP contribution in [0.2, 0.25) is 20.1 Å². The van der Waals surface area contributed by atoms with Gasteiger partial charge < -0.3 is 11.5 Å². The normalized spacial score (nSPS) is 9.95. The molecule has 0 spiro atoms. The van der Waals surface area contributed by atoms with E-state index in [4.69, 9.17) is 57.9 Å². The Bertz CT molecular complexity index is 571. The van der Waals surface area contributed by atoms with Crippen molar-refractivity contribution in [3.63, 3.8) is 0 Å². The largest absolute Gasteiger partial charge is 0.399 e. The Morgan fingerprint density at radius 1 is 0.857 bits per heavy atom.